The van der Waals surface area contributed by atoms with Gasteiger partial charge in [-0.05, 0) is 36.5 Å². The molecule has 0 aromatic rings. The van der Waals surface area contributed by atoms with Crippen molar-refractivity contribution in [2.75, 3.05) is 46.1 Å². The number of carbonyl (C=O) groups is 2. The molecule has 1 saturated carbocycles. The number of aliphatic carboxylic acids is 2. The van der Waals surface area contributed by atoms with E-state index < -0.39 is 11.9 Å². The number of carboxylic acid groups (broad SMARTS) is 2. The van der Waals surface area contributed by atoms with E-state index in [1.165, 1.54) is 12.8 Å². The number of carboxylic acids is 2. The Morgan fingerprint density at radius 3 is 2.39 bits per heavy atom. The lowest BCUT2D eigenvalue weighted by atomic mass is 9.48. The maximum absolute atomic E-state index is 9.55. The number of ether oxygens (including phenoxy) is 2. The molecule has 7 heteroatoms. The Balaban J connectivity index is 0.000000300. The molecule has 0 aromatic carbocycles. The first-order valence-electron chi connectivity index (χ1n) is 10.0. The van der Waals surface area contributed by atoms with Crippen LogP contribution in [0.1, 0.15) is 33.1 Å². The van der Waals surface area contributed by atoms with Crippen LogP contribution in [-0.2, 0) is 19.1 Å². The van der Waals surface area contributed by atoms with Gasteiger partial charge in [0.25, 0.3) is 0 Å². The molecule has 3 aliphatic carbocycles. The summed E-state index contributed by atoms with van der Waals surface area (Å²) in [5.41, 5.74) is 2.22. The van der Waals surface area contributed by atoms with Gasteiger partial charge in [-0.3, -0.25) is 4.90 Å². The van der Waals surface area contributed by atoms with Crippen molar-refractivity contribution in [1.29, 1.82) is 0 Å². The summed E-state index contributed by atoms with van der Waals surface area (Å²) >= 11 is 0. The van der Waals surface area contributed by atoms with Gasteiger partial charge in [0.2, 0.25) is 0 Å². The van der Waals surface area contributed by atoms with E-state index in [0.717, 1.165) is 64.3 Å². The van der Waals surface area contributed by atoms with Crippen molar-refractivity contribution < 1.29 is 29.3 Å². The first-order chi connectivity index (χ1) is 13.3. The van der Waals surface area contributed by atoms with E-state index in [1.54, 1.807) is 5.57 Å². The van der Waals surface area contributed by atoms with Gasteiger partial charge in [0.1, 0.15) is 0 Å². The smallest absolute Gasteiger partial charge is 0.328 e. The van der Waals surface area contributed by atoms with Crippen LogP contribution in [-0.4, -0.2) is 73.1 Å². The first kappa shape index (κ1) is 22.6. The van der Waals surface area contributed by atoms with Crippen molar-refractivity contribution in [3.05, 3.63) is 23.8 Å². The van der Waals surface area contributed by atoms with Gasteiger partial charge >= 0.3 is 11.9 Å². The van der Waals surface area contributed by atoms with Crippen LogP contribution in [0.25, 0.3) is 0 Å². The van der Waals surface area contributed by atoms with Crippen molar-refractivity contribution in [3.8, 4) is 0 Å². The topological polar surface area (TPSA) is 96.3 Å². The molecular formula is C21H33NO6. The molecule has 2 bridgehead atoms. The quantitative estimate of drug-likeness (QED) is 0.370. The average molecular weight is 395 g/mol. The molecule has 158 valence electrons. The van der Waals surface area contributed by atoms with Crippen LogP contribution in [0, 0.1) is 17.3 Å². The van der Waals surface area contributed by atoms with Gasteiger partial charge in [-0.15, -0.1) is 0 Å². The largest absolute Gasteiger partial charge is 0.478 e. The molecule has 0 spiro atoms. The molecule has 0 amide bonds. The van der Waals surface area contributed by atoms with Gasteiger partial charge in [0.15, 0.2) is 0 Å². The Hall–Kier alpha value is -1.70. The lowest BCUT2D eigenvalue weighted by Crippen LogP contribution is -2.48. The minimum absolute atomic E-state index is 0.553. The highest BCUT2D eigenvalue weighted by molar-refractivity contribution is 5.89. The fraction of sp³-hybridized carbons (Fsp3) is 0.714. The monoisotopic (exact) mass is 395 g/mol. The minimum Gasteiger partial charge on any atom is -0.478 e. The predicted octanol–water partition coefficient (Wildman–Crippen LogP) is 2.43. The van der Waals surface area contributed by atoms with Gasteiger partial charge in [0, 0.05) is 31.8 Å². The van der Waals surface area contributed by atoms with Crippen LogP contribution in [0.15, 0.2) is 23.8 Å². The van der Waals surface area contributed by atoms with E-state index in [1.807, 2.05) is 0 Å². The van der Waals surface area contributed by atoms with Crippen LogP contribution >= 0.6 is 0 Å². The third-order valence-electron chi connectivity index (χ3n) is 6.14. The van der Waals surface area contributed by atoms with E-state index in [2.05, 4.69) is 24.8 Å². The molecule has 7 nitrogen and oxygen atoms in total. The maximum Gasteiger partial charge on any atom is 0.328 e. The summed E-state index contributed by atoms with van der Waals surface area (Å²) in [6.07, 6.45) is 7.48. The highest BCUT2D eigenvalue weighted by Crippen LogP contribution is 2.59. The summed E-state index contributed by atoms with van der Waals surface area (Å²) in [6, 6.07) is 0. The summed E-state index contributed by atoms with van der Waals surface area (Å²) in [5.74, 6) is -0.734. The van der Waals surface area contributed by atoms with Crippen molar-refractivity contribution in [3.63, 3.8) is 0 Å². The Kier molecular flexibility index (Phi) is 8.66. The molecule has 1 heterocycles. The third-order valence-corrected chi connectivity index (χ3v) is 6.14. The van der Waals surface area contributed by atoms with Gasteiger partial charge in [-0.25, -0.2) is 9.59 Å². The first-order valence-corrected chi connectivity index (χ1v) is 10.0. The second-order valence-corrected chi connectivity index (χ2v) is 8.15. The van der Waals surface area contributed by atoms with Crippen LogP contribution in [0.2, 0.25) is 0 Å². The van der Waals surface area contributed by atoms with E-state index in [9.17, 15) is 9.59 Å². The van der Waals surface area contributed by atoms with Gasteiger partial charge in [-0.2, -0.15) is 0 Å². The van der Waals surface area contributed by atoms with Crippen LogP contribution < -0.4 is 0 Å². The van der Waals surface area contributed by atoms with E-state index in [4.69, 9.17) is 19.7 Å². The molecule has 2 fully saturated rings. The molecule has 1 aliphatic heterocycles. The Bertz CT molecular complexity index is 576. The predicted molar refractivity (Wildman–Crippen MR) is 105 cm³/mol. The molecule has 2 N–H and O–H groups in total. The number of rotatable bonds is 8. The maximum atomic E-state index is 9.55. The zero-order chi connectivity index (χ0) is 20.6. The Morgan fingerprint density at radius 1 is 1.21 bits per heavy atom. The fourth-order valence-electron chi connectivity index (χ4n) is 4.21. The standard InChI is InChI=1S/C17H29NO2.C4H4O4/c1-17(2)15-4-3-14(16(17)13-15)5-9-19-10-6-18-7-11-20-12-8-18;5-3(6)1-2-4(7)8/h3,15-16H,4-13H2,1-2H3;1-2H,(H,5,6)(H,7,8)/b;2-1+. The van der Waals surface area contributed by atoms with Gasteiger partial charge in [-0.1, -0.05) is 25.5 Å². The molecule has 2 atom stereocenters. The van der Waals surface area contributed by atoms with Crippen LogP contribution in [0.5, 0.6) is 0 Å². The fourth-order valence-corrected chi connectivity index (χ4v) is 4.21. The molecule has 4 rings (SSSR count). The highest BCUT2D eigenvalue weighted by atomic mass is 16.5. The SMILES string of the molecule is CC1(C)C2CC=C(CCOCCN3CCOCC3)C1C2.O=C(O)/C=C/C(=O)O. The lowest BCUT2D eigenvalue weighted by Gasteiger charge is -2.56. The van der Waals surface area contributed by atoms with Crippen LogP contribution in [0.3, 0.4) is 0 Å². The molecule has 2 unspecified atom stereocenters. The number of allylic oxidation sites excluding steroid dienone is 1. The average Bonchev–Trinajstić information content (AvgIpc) is 2.67. The lowest BCUT2D eigenvalue weighted by molar-refractivity contribution is -0.134. The van der Waals surface area contributed by atoms with Crippen molar-refractivity contribution >= 4 is 11.9 Å². The van der Waals surface area contributed by atoms with Crippen LogP contribution in [0.4, 0.5) is 0 Å². The van der Waals surface area contributed by atoms with E-state index >= 15 is 0 Å². The summed E-state index contributed by atoms with van der Waals surface area (Å²) in [4.78, 5) is 21.5. The Labute approximate surface area is 167 Å². The molecule has 28 heavy (non-hydrogen) atoms. The van der Waals surface area contributed by atoms with E-state index in [-0.39, 0.29) is 0 Å². The summed E-state index contributed by atoms with van der Waals surface area (Å²) in [7, 11) is 0. The normalized spacial score (nSPS) is 26.0. The second kappa shape index (κ2) is 10.7. The molecule has 0 aromatic heterocycles. The number of morpholine rings is 1. The third kappa shape index (κ3) is 6.72. The van der Waals surface area contributed by atoms with E-state index in [0.29, 0.717) is 17.6 Å². The second-order valence-electron chi connectivity index (χ2n) is 8.15. The zero-order valence-electron chi connectivity index (χ0n) is 16.9. The number of nitrogens with zero attached hydrogens (tertiary/aromatic N) is 1. The zero-order valence-corrected chi connectivity index (χ0v) is 16.9. The molecule has 4 aliphatic rings. The van der Waals surface area contributed by atoms with Crippen molar-refractivity contribution in [2.45, 2.75) is 33.1 Å². The molecular weight excluding hydrogens is 362 g/mol. The number of fused-ring (bicyclic) bond motifs is 1. The molecule has 1 saturated heterocycles. The molecule has 0 radical (unpaired) electrons. The number of hydrogen-bond acceptors (Lipinski definition) is 5. The van der Waals surface area contributed by atoms with Crippen molar-refractivity contribution in [1.82, 2.24) is 4.90 Å². The van der Waals surface area contributed by atoms with Crippen molar-refractivity contribution in [2.24, 2.45) is 17.3 Å². The number of hydrogen-bond donors (Lipinski definition) is 2. The summed E-state index contributed by atoms with van der Waals surface area (Å²) in [5, 5.41) is 15.6. The summed E-state index contributed by atoms with van der Waals surface area (Å²) in [6.45, 7) is 11.6. The summed E-state index contributed by atoms with van der Waals surface area (Å²) < 4.78 is 11.2. The Morgan fingerprint density at radius 2 is 1.86 bits per heavy atom. The van der Waals surface area contributed by atoms with Gasteiger partial charge in [0.05, 0.1) is 26.4 Å². The minimum atomic E-state index is -1.26. The highest BCUT2D eigenvalue weighted by Gasteiger charge is 2.50. The van der Waals surface area contributed by atoms with Gasteiger partial charge < -0.3 is 19.7 Å².